The normalized spacial score (nSPS) is 12.4. The zero-order valence-corrected chi connectivity index (χ0v) is 12.7. The van der Waals surface area contributed by atoms with E-state index in [-0.39, 0.29) is 17.5 Å². The molecular formula is C14H11F2N3O3S. The Morgan fingerprint density at radius 3 is 2.74 bits per heavy atom. The van der Waals surface area contributed by atoms with E-state index in [4.69, 9.17) is 0 Å². The van der Waals surface area contributed by atoms with Crippen LogP contribution in [0.4, 0.5) is 14.6 Å². The highest BCUT2D eigenvalue weighted by atomic mass is 32.2. The van der Waals surface area contributed by atoms with E-state index in [1.165, 1.54) is 30.1 Å². The summed E-state index contributed by atoms with van der Waals surface area (Å²) in [6.45, 7) is 0. The molecular weight excluding hydrogens is 328 g/mol. The number of hydrogen-bond donors (Lipinski definition) is 1. The largest absolute Gasteiger partial charge is 0.464 e. The minimum Gasteiger partial charge on any atom is -0.464 e. The summed E-state index contributed by atoms with van der Waals surface area (Å²) < 4.78 is 29.6. The molecule has 3 rings (SSSR count). The number of fused-ring (bicyclic) bond motifs is 1. The molecule has 3 heterocycles. The van der Waals surface area contributed by atoms with Crippen LogP contribution in [0.1, 0.15) is 10.5 Å². The Hall–Kier alpha value is -2.55. The van der Waals surface area contributed by atoms with E-state index in [2.05, 4.69) is 20.0 Å². The topological polar surface area (TPSA) is 81.2 Å². The Balaban J connectivity index is 0.000000229. The van der Waals surface area contributed by atoms with Crippen molar-refractivity contribution in [1.82, 2.24) is 9.97 Å². The molecule has 2 aromatic heterocycles. The van der Waals surface area contributed by atoms with Gasteiger partial charge in [0.1, 0.15) is 5.82 Å². The van der Waals surface area contributed by atoms with E-state index in [0.29, 0.717) is 4.90 Å². The molecule has 0 saturated heterocycles. The van der Waals surface area contributed by atoms with E-state index in [0.717, 1.165) is 7.11 Å². The fourth-order valence-electron chi connectivity index (χ4n) is 1.56. The molecule has 0 bridgehead atoms. The van der Waals surface area contributed by atoms with Crippen LogP contribution in [0.2, 0.25) is 0 Å². The van der Waals surface area contributed by atoms with Gasteiger partial charge in [-0.15, -0.1) is 11.8 Å². The summed E-state index contributed by atoms with van der Waals surface area (Å²) in [4.78, 5) is 29.8. The number of nitrogens with one attached hydrogen (secondary N) is 1. The van der Waals surface area contributed by atoms with Crippen molar-refractivity contribution in [3.05, 3.63) is 47.9 Å². The van der Waals surface area contributed by atoms with Crippen molar-refractivity contribution in [3.63, 3.8) is 0 Å². The van der Waals surface area contributed by atoms with Gasteiger partial charge in [-0.05, 0) is 18.2 Å². The predicted octanol–water partition coefficient (Wildman–Crippen LogP) is 2.27. The number of esters is 1. The standard InChI is InChI=1S/C9H7FN2O3S.C5H4FN/c1-15-9(14)7-4(10)2-5-8(12-7)11-6(13)3-16-5;6-5-3-1-2-4-7-5/h2H,3H2,1H3,(H,11,12,13);1-4H. The SMILES string of the molecule is COC(=O)c1nc2c(cc1F)SCC(=O)N2.Fc1ccccn1. The zero-order valence-electron chi connectivity index (χ0n) is 11.9. The van der Waals surface area contributed by atoms with Gasteiger partial charge in [0.05, 0.1) is 17.8 Å². The van der Waals surface area contributed by atoms with Crippen LogP contribution in [-0.4, -0.2) is 34.7 Å². The molecule has 1 aliphatic heterocycles. The lowest BCUT2D eigenvalue weighted by Gasteiger charge is -2.15. The van der Waals surface area contributed by atoms with Crippen LogP contribution in [-0.2, 0) is 9.53 Å². The molecule has 23 heavy (non-hydrogen) atoms. The first-order valence-corrected chi connectivity index (χ1v) is 7.28. The molecule has 1 amide bonds. The Labute approximate surface area is 134 Å². The van der Waals surface area contributed by atoms with E-state index >= 15 is 0 Å². The average molecular weight is 339 g/mol. The summed E-state index contributed by atoms with van der Waals surface area (Å²) in [5.74, 6) is -1.87. The predicted molar refractivity (Wildman–Crippen MR) is 79.1 cm³/mol. The zero-order chi connectivity index (χ0) is 16.8. The lowest BCUT2D eigenvalue weighted by molar-refractivity contribution is -0.113. The highest BCUT2D eigenvalue weighted by Gasteiger charge is 2.22. The summed E-state index contributed by atoms with van der Waals surface area (Å²) in [6, 6.07) is 5.74. The van der Waals surface area contributed by atoms with Crippen molar-refractivity contribution < 1.29 is 23.1 Å². The minimum absolute atomic E-state index is 0.197. The number of rotatable bonds is 1. The minimum atomic E-state index is -0.870. The second-order valence-corrected chi connectivity index (χ2v) is 5.16. The van der Waals surface area contributed by atoms with Crippen molar-refractivity contribution in [1.29, 1.82) is 0 Å². The van der Waals surface area contributed by atoms with Crippen LogP contribution in [0, 0.1) is 11.8 Å². The van der Waals surface area contributed by atoms with E-state index in [1.54, 1.807) is 12.1 Å². The second kappa shape index (κ2) is 7.63. The third kappa shape index (κ3) is 4.46. The molecule has 9 heteroatoms. The summed E-state index contributed by atoms with van der Waals surface area (Å²) >= 11 is 1.17. The number of carbonyl (C=O) groups excluding carboxylic acids is 2. The third-order valence-corrected chi connectivity index (χ3v) is 3.59. The van der Waals surface area contributed by atoms with Gasteiger partial charge in [0.25, 0.3) is 0 Å². The van der Waals surface area contributed by atoms with Crippen LogP contribution < -0.4 is 5.32 Å². The highest BCUT2D eigenvalue weighted by molar-refractivity contribution is 8.00. The molecule has 0 aliphatic carbocycles. The number of anilines is 1. The molecule has 0 aromatic carbocycles. The molecule has 0 saturated carbocycles. The fourth-order valence-corrected chi connectivity index (χ4v) is 2.34. The van der Waals surface area contributed by atoms with Gasteiger partial charge in [-0.1, -0.05) is 6.07 Å². The molecule has 0 atom stereocenters. The number of methoxy groups -OCH3 is 1. The average Bonchev–Trinajstić information content (AvgIpc) is 2.55. The first kappa shape index (κ1) is 16.8. The van der Waals surface area contributed by atoms with E-state index in [1.807, 2.05) is 0 Å². The number of aromatic nitrogens is 2. The number of halogens is 2. The first-order valence-electron chi connectivity index (χ1n) is 6.29. The molecule has 1 N–H and O–H groups in total. The third-order valence-electron chi connectivity index (χ3n) is 2.57. The van der Waals surface area contributed by atoms with Gasteiger partial charge in [-0.3, -0.25) is 4.79 Å². The van der Waals surface area contributed by atoms with Crippen LogP contribution >= 0.6 is 11.8 Å². The van der Waals surface area contributed by atoms with Gasteiger partial charge >= 0.3 is 5.97 Å². The lowest BCUT2D eigenvalue weighted by Crippen LogP contribution is -2.21. The van der Waals surface area contributed by atoms with Crippen molar-refractivity contribution in [2.75, 3.05) is 18.2 Å². The smallest absolute Gasteiger partial charge is 0.359 e. The van der Waals surface area contributed by atoms with Crippen molar-refractivity contribution in [3.8, 4) is 0 Å². The summed E-state index contributed by atoms with van der Waals surface area (Å²) in [5, 5.41) is 2.46. The number of amides is 1. The molecule has 0 fully saturated rings. The van der Waals surface area contributed by atoms with Crippen molar-refractivity contribution >= 4 is 29.5 Å². The van der Waals surface area contributed by atoms with Gasteiger partial charge in [0.2, 0.25) is 11.9 Å². The van der Waals surface area contributed by atoms with Gasteiger partial charge in [-0.25, -0.2) is 19.2 Å². The number of nitrogens with zero attached hydrogens (tertiary/aromatic N) is 2. The maximum atomic E-state index is 13.4. The highest BCUT2D eigenvalue weighted by Crippen LogP contribution is 2.31. The Kier molecular flexibility index (Phi) is 5.58. The lowest BCUT2D eigenvalue weighted by atomic mass is 10.3. The second-order valence-electron chi connectivity index (χ2n) is 4.15. The van der Waals surface area contributed by atoms with Crippen LogP contribution in [0.3, 0.4) is 0 Å². The quantitative estimate of drug-likeness (QED) is 0.634. The maximum absolute atomic E-state index is 13.4. The fraction of sp³-hybridized carbons (Fsp3) is 0.143. The van der Waals surface area contributed by atoms with Crippen molar-refractivity contribution in [2.24, 2.45) is 0 Å². The number of hydrogen-bond acceptors (Lipinski definition) is 6. The Morgan fingerprint density at radius 2 is 2.17 bits per heavy atom. The van der Waals surface area contributed by atoms with Crippen LogP contribution in [0.25, 0.3) is 0 Å². The monoisotopic (exact) mass is 339 g/mol. The number of thioether (sulfide) groups is 1. The summed E-state index contributed by atoms with van der Waals surface area (Å²) in [6.07, 6.45) is 1.41. The molecule has 2 aromatic rings. The maximum Gasteiger partial charge on any atom is 0.359 e. The number of pyridine rings is 2. The van der Waals surface area contributed by atoms with E-state index in [9.17, 15) is 18.4 Å². The first-order chi connectivity index (χ1) is 11.0. The molecule has 1 aliphatic rings. The molecule has 6 nitrogen and oxygen atoms in total. The summed E-state index contributed by atoms with van der Waals surface area (Å²) in [7, 11) is 1.14. The van der Waals surface area contributed by atoms with Gasteiger partial charge < -0.3 is 10.1 Å². The van der Waals surface area contributed by atoms with Gasteiger partial charge in [0, 0.05) is 6.20 Å². The number of ether oxygens (including phenoxy) is 1. The van der Waals surface area contributed by atoms with Crippen LogP contribution in [0.15, 0.2) is 35.4 Å². The van der Waals surface area contributed by atoms with Crippen molar-refractivity contribution in [2.45, 2.75) is 4.90 Å². The number of carbonyl (C=O) groups is 2. The van der Waals surface area contributed by atoms with E-state index < -0.39 is 23.4 Å². The summed E-state index contributed by atoms with van der Waals surface area (Å²) in [5.41, 5.74) is -0.427. The Morgan fingerprint density at radius 1 is 1.39 bits per heavy atom. The van der Waals surface area contributed by atoms with Crippen LogP contribution in [0.5, 0.6) is 0 Å². The molecule has 0 spiro atoms. The van der Waals surface area contributed by atoms with Gasteiger partial charge in [0.15, 0.2) is 11.5 Å². The van der Waals surface area contributed by atoms with Gasteiger partial charge in [-0.2, -0.15) is 4.39 Å². The molecule has 0 unspecified atom stereocenters. The molecule has 120 valence electrons. The molecule has 0 radical (unpaired) electrons. The Bertz CT molecular complexity index is 729.